The molecular weight excluding hydrogens is 286 g/mol. The first-order valence-electron chi connectivity index (χ1n) is 8.83. The summed E-state index contributed by atoms with van der Waals surface area (Å²) in [5.41, 5.74) is 2.88. The fourth-order valence-corrected chi connectivity index (χ4v) is 3.60. The lowest BCUT2D eigenvalue weighted by atomic mass is 9.78. The van der Waals surface area contributed by atoms with Crippen LogP contribution in [-0.4, -0.2) is 19.5 Å². The summed E-state index contributed by atoms with van der Waals surface area (Å²) in [6.45, 7) is 7.36. The van der Waals surface area contributed by atoms with Crippen molar-refractivity contribution in [3.63, 3.8) is 0 Å². The molecule has 2 unspecified atom stereocenters. The van der Waals surface area contributed by atoms with Gasteiger partial charge in [0.25, 0.3) is 0 Å². The topological polar surface area (TPSA) is 42.2 Å². The average molecular weight is 315 g/mol. The van der Waals surface area contributed by atoms with Crippen LogP contribution in [0, 0.1) is 22.7 Å². The largest absolute Gasteiger partial charge is 0.353 e. The van der Waals surface area contributed by atoms with Gasteiger partial charge in [0.15, 0.2) is 6.29 Å². The minimum atomic E-state index is -0.277. The molecule has 23 heavy (non-hydrogen) atoms. The van der Waals surface area contributed by atoms with Gasteiger partial charge in [-0.05, 0) is 50.7 Å². The van der Waals surface area contributed by atoms with Crippen LogP contribution in [0.2, 0.25) is 0 Å². The number of rotatable bonds is 8. The summed E-state index contributed by atoms with van der Waals surface area (Å²) in [6, 6.07) is 2.46. The summed E-state index contributed by atoms with van der Waals surface area (Å²) < 4.78 is 11.2. The van der Waals surface area contributed by atoms with Crippen LogP contribution in [0.15, 0.2) is 35.5 Å². The van der Waals surface area contributed by atoms with Crippen molar-refractivity contribution < 1.29 is 9.47 Å². The van der Waals surface area contributed by atoms with Gasteiger partial charge in [0, 0.05) is 25.0 Å². The first-order chi connectivity index (χ1) is 11.1. The molecule has 3 heteroatoms. The molecule has 0 heterocycles. The average Bonchev–Trinajstić information content (AvgIpc) is 2.87. The van der Waals surface area contributed by atoms with Crippen molar-refractivity contribution in [3.8, 4) is 6.07 Å². The third kappa shape index (κ3) is 5.06. The molecule has 0 radical (unpaired) electrons. The summed E-state index contributed by atoms with van der Waals surface area (Å²) in [5, 5.41) is 9.60. The maximum absolute atomic E-state index is 9.60. The second kappa shape index (κ2) is 8.47. The van der Waals surface area contributed by atoms with Crippen molar-refractivity contribution in [2.24, 2.45) is 11.3 Å². The van der Waals surface area contributed by atoms with Crippen LogP contribution in [0.3, 0.4) is 0 Å². The van der Waals surface area contributed by atoms with E-state index in [1.165, 1.54) is 30.4 Å². The Bertz CT molecular complexity index is 520. The summed E-state index contributed by atoms with van der Waals surface area (Å²) in [6.07, 6.45) is 13.8. The highest BCUT2D eigenvalue weighted by molar-refractivity contribution is 5.42. The molecule has 0 amide bonds. The molecule has 2 rings (SSSR count). The zero-order valence-corrected chi connectivity index (χ0v) is 14.7. The molecule has 1 fully saturated rings. The van der Waals surface area contributed by atoms with Gasteiger partial charge in [-0.25, -0.2) is 0 Å². The second-order valence-corrected chi connectivity index (χ2v) is 6.69. The Morgan fingerprint density at radius 3 is 2.57 bits per heavy atom. The summed E-state index contributed by atoms with van der Waals surface area (Å²) in [7, 11) is 0. The highest BCUT2D eigenvalue weighted by Gasteiger charge is 2.29. The predicted octanol–water partition coefficient (Wildman–Crippen LogP) is 4.92. The number of nitrogens with zero attached hydrogens (tertiary/aromatic N) is 1. The number of allylic oxidation sites excluding steroid dienone is 6. The lowest BCUT2D eigenvalue weighted by Gasteiger charge is -2.27. The Hall–Kier alpha value is -1.37. The van der Waals surface area contributed by atoms with E-state index in [0.29, 0.717) is 19.6 Å². The smallest absolute Gasteiger partial charge is 0.158 e. The molecule has 2 atom stereocenters. The maximum Gasteiger partial charge on any atom is 0.158 e. The Balaban J connectivity index is 2.05. The first kappa shape index (κ1) is 18.0. The third-order valence-corrected chi connectivity index (χ3v) is 4.63. The molecule has 2 aliphatic rings. The van der Waals surface area contributed by atoms with E-state index < -0.39 is 0 Å². The Morgan fingerprint density at radius 2 is 1.91 bits per heavy atom. The van der Waals surface area contributed by atoms with Crippen LogP contribution in [0.4, 0.5) is 0 Å². The predicted molar refractivity (Wildman–Crippen MR) is 92.6 cm³/mol. The van der Waals surface area contributed by atoms with E-state index in [1.807, 2.05) is 13.8 Å². The highest BCUT2D eigenvalue weighted by Crippen LogP contribution is 2.40. The van der Waals surface area contributed by atoms with E-state index in [-0.39, 0.29) is 17.6 Å². The van der Waals surface area contributed by atoms with Gasteiger partial charge in [-0.15, -0.1) is 0 Å². The molecule has 0 spiro atoms. The van der Waals surface area contributed by atoms with Gasteiger partial charge in [0.1, 0.15) is 0 Å². The van der Waals surface area contributed by atoms with Gasteiger partial charge in [-0.2, -0.15) is 5.26 Å². The van der Waals surface area contributed by atoms with Gasteiger partial charge in [0.05, 0.1) is 12.0 Å². The van der Waals surface area contributed by atoms with Crippen LogP contribution >= 0.6 is 0 Å². The zero-order valence-electron chi connectivity index (χ0n) is 14.7. The van der Waals surface area contributed by atoms with Crippen LogP contribution in [0.1, 0.15) is 52.9 Å². The second-order valence-electron chi connectivity index (χ2n) is 6.69. The van der Waals surface area contributed by atoms with Crippen molar-refractivity contribution in [1.29, 1.82) is 5.26 Å². The summed E-state index contributed by atoms with van der Waals surface area (Å²) in [4.78, 5) is 0. The SMILES string of the molecule is CCOC(CC(C#N)CC1(C)C=CC=C2CCCC2=C1)OCC. The fourth-order valence-electron chi connectivity index (χ4n) is 3.60. The minimum absolute atomic E-state index is 0.0682. The molecule has 3 nitrogen and oxygen atoms in total. The number of hydrogen-bond acceptors (Lipinski definition) is 3. The summed E-state index contributed by atoms with van der Waals surface area (Å²) in [5.74, 6) is -0.0763. The van der Waals surface area contributed by atoms with E-state index in [2.05, 4.69) is 37.3 Å². The van der Waals surface area contributed by atoms with Crippen molar-refractivity contribution in [2.75, 3.05) is 13.2 Å². The molecule has 0 saturated heterocycles. The monoisotopic (exact) mass is 315 g/mol. The fraction of sp³-hybridized carbons (Fsp3) is 0.650. The van der Waals surface area contributed by atoms with E-state index in [1.54, 1.807) is 0 Å². The first-order valence-corrected chi connectivity index (χ1v) is 8.83. The van der Waals surface area contributed by atoms with Crippen LogP contribution < -0.4 is 0 Å². The Kier molecular flexibility index (Phi) is 6.62. The quantitative estimate of drug-likeness (QED) is 0.597. The molecule has 0 aromatic carbocycles. The normalized spacial score (nSPS) is 24.7. The van der Waals surface area contributed by atoms with Gasteiger partial charge in [-0.3, -0.25) is 0 Å². The Labute approximate surface area is 140 Å². The number of fused-ring (bicyclic) bond motifs is 1. The maximum atomic E-state index is 9.60. The van der Waals surface area contributed by atoms with Gasteiger partial charge in [0.2, 0.25) is 0 Å². The van der Waals surface area contributed by atoms with Crippen LogP contribution in [0.25, 0.3) is 0 Å². The molecule has 126 valence electrons. The van der Waals surface area contributed by atoms with E-state index in [0.717, 1.165) is 6.42 Å². The standard InChI is InChI=1S/C20H29NO2/c1-4-22-19(23-5-2)12-16(15-21)13-20(3)11-7-10-17-8-6-9-18(17)14-20/h7,10-11,14,16,19H,4-6,8-9,12-13H2,1-3H3. The third-order valence-electron chi connectivity index (χ3n) is 4.63. The molecule has 2 aliphatic carbocycles. The lowest BCUT2D eigenvalue weighted by Crippen LogP contribution is -2.24. The van der Waals surface area contributed by atoms with Gasteiger partial charge in [-0.1, -0.05) is 31.2 Å². The van der Waals surface area contributed by atoms with Crippen molar-refractivity contribution in [2.45, 2.75) is 59.2 Å². The molecule has 0 aromatic heterocycles. The van der Waals surface area contributed by atoms with Crippen LogP contribution in [0.5, 0.6) is 0 Å². The number of nitriles is 1. The van der Waals surface area contributed by atoms with E-state index in [4.69, 9.17) is 9.47 Å². The van der Waals surface area contributed by atoms with Crippen molar-refractivity contribution in [3.05, 3.63) is 35.5 Å². The van der Waals surface area contributed by atoms with Crippen molar-refractivity contribution in [1.82, 2.24) is 0 Å². The van der Waals surface area contributed by atoms with E-state index in [9.17, 15) is 5.26 Å². The van der Waals surface area contributed by atoms with E-state index >= 15 is 0 Å². The summed E-state index contributed by atoms with van der Waals surface area (Å²) >= 11 is 0. The van der Waals surface area contributed by atoms with Crippen LogP contribution in [-0.2, 0) is 9.47 Å². The molecule has 0 aromatic rings. The molecule has 0 aliphatic heterocycles. The lowest BCUT2D eigenvalue weighted by molar-refractivity contribution is -0.144. The minimum Gasteiger partial charge on any atom is -0.353 e. The van der Waals surface area contributed by atoms with Gasteiger partial charge < -0.3 is 9.47 Å². The molecule has 1 saturated carbocycles. The Morgan fingerprint density at radius 1 is 1.22 bits per heavy atom. The highest BCUT2D eigenvalue weighted by atomic mass is 16.7. The van der Waals surface area contributed by atoms with Crippen molar-refractivity contribution >= 4 is 0 Å². The molecular formula is C20H29NO2. The number of ether oxygens (including phenoxy) is 2. The molecule has 0 N–H and O–H groups in total. The number of hydrogen-bond donors (Lipinski definition) is 0. The van der Waals surface area contributed by atoms with Gasteiger partial charge >= 0.3 is 0 Å². The molecule has 0 bridgehead atoms. The zero-order chi connectivity index (χ0) is 16.7.